The van der Waals surface area contributed by atoms with E-state index in [0.717, 1.165) is 25.3 Å². The summed E-state index contributed by atoms with van der Waals surface area (Å²) in [5, 5.41) is 0.990. The maximum Gasteiger partial charge on any atom is 0.231 e. The molecule has 0 aliphatic rings. The van der Waals surface area contributed by atoms with E-state index in [1.165, 1.54) is 0 Å². The Morgan fingerprint density at radius 3 is 2.57 bits per heavy atom. The molecule has 0 fully saturated rings. The number of hydrogen-bond acceptors (Lipinski definition) is 4. The minimum atomic E-state index is -0.330. The third kappa shape index (κ3) is 4.37. The number of hydrogen-bond donors (Lipinski definition) is 1. The number of nitrogens with two attached hydrogens (primary N) is 1. The molecule has 1 aromatic heterocycles. The molecule has 0 bridgehead atoms. The Bertz CT molecular complexity index is 783. The van der Waals surface area contributed by atoms with Gasteiger partial charge in [-0.1, -0.05) is 40.2 Å². The van der Waals surface area contributed by atoms with E-state index >= 15 is 0 Å². The number of carbonyl (C=O) groups is 1. The van der Waals surface area contributed by atoms with Gasteiger partial charge in [-0.2, -0.15) is 0 Å². The number of benzene rings is 2. The number of thiazole rings is 1. The van der Waals surface area contributed by atoms with Crippen molar-refractivity contribution in [3.8, 4) is 0 Å². The molecule has 4 nitrogen and oxygen atoms in total. The van der Waals surface area contributed by atoms with Crippen LogP contribution < -0.4 is 5.73 Å². The van der Waals surface area contributed by atoms with E-state index in [1.54, 1.807) is 11.3 Å². The summed E-state index contributed by atoms with van der Waals surface area (Å²) in [6.07, 6.45) is 0. The van der Waals surface area contributed by atoms with Gasteiger partial charge in [0.25, 0.3) is 0 Å². The monoisotopic (exact) mass is 389 g/mol. The van der Waals surface area contributed by atoms with Crippen LogP contribution >= 0.6 is 27.3 Å². The highest BCUT2D eigenvalue weighted by atomic mass is 79.9. The molecule has 3 aromatic rings. The molecule has 2 N–H and O–H groups in total. The predicted octanol–water partition coefficient (Wildman–Crippen LogP) is 3.55. The topological polar surface area (TPSA) is 59.2 Å². The Hall–Kier alpha value is -1.76. The van der Waals surface area contributed by atoms with E-state index < -0.39 is 0 Å². The van der Waals surface area contributed by atoms with Gasteiger partial charge in [-0.3, -0.25) is 9.69 Å². The Balaban J connectivity index is 1.77. The molecule has 0 spiro atoms. The van der Waals surface area contributed by atoms with Crippen molar-refractivity contribution in [3.05, 3.63) is 63.6 Å². The fourth-order valence-corrected chi connectivity index (χ4v) is 3.69. The minimum absolute atomic E-state index is 0.214. The lowest BCUT2D eigenvalue weighted by Gasteiger charge is -2.19. The van der Waals surface area contributed by atoms with Crippen molar-refractivity contribution in [1.82, 2.24) is 9.88 Å². The van der Waals surface area contributed by atoms with Gasteiger partial charge in [0.1, 0.15) is 5.01 Å². The highest BCUT2D eigenvalue weighted by molar-refractivity contribution is 9.10. The van der Waals surface area contributed by atoms with E-state index in [4.69, 9.17) is 5.73 Å². The zero-order valence-corrected chi connectivity index (χ0v) is 14.8. The molecule has 6 heteroatoms. The standard InChI is InChI=1S/C17H16BrN3OS/c18-13-7-5-12(6-8-13)9-21(10-16(19)22)11-17-20-14-3-1-2-4-15(14)23-17/h1-8H,9-11H2,(H2,19,22). The van der Waals surface area contributed by atoms with Gasteiger partial charge in [0.2, 0.25) is 5.91 Å². The quantitative estimate of drug-likeness (QED) is 0.701. The largest absolute Gasteiger partial charge is 0.369 e. The normalized spacial score (nSPS) is 11.2. The number of amides is 1. The molecule has 1 heterocycles. The maximum absolute atomic E-state index is 11.4. The van der Waals surface area contributed by atoms with E-state index in [1.807, 2.05) is 47.4 Å². The van der Waals surface area contributed by atoms with E-state index in [-0.39, 0.29) is 12.5 Å². The molecule has 3 rings (SSSR count). The number of primary amides is 1. The van der Waals surface area contributed by atoms with Crippen LogP contribution in [-0.4, -0.2) is 22.3 Å². The van der Waals surface area contributed by atoms with Gasteiger partial charge in [-0.25, -0.2) is 4.98 Å². The van der Waals surface area contributed by atoms with Crippen molar-refractivity contribution in [2.45, 2.75) is 13.1 Å². The van der Waals surface area contributed by atoms with E-state index in [9.17, 15) is 4.79 Å². The van der Waals surface area contributed by atoms with Crippen LogP contribution in [0.15, 0.2) is 53.0 Å². The highest BCUT2D eigenvalue weighted by Gasteiger charge is 2.13. The van der Waals surface area contributed by atoms with Gasteiger partial charge in [-0.05, 0) is 29.8 Å². The van der Waals surface area contributed by atoms with Gasteiger partial charge in [0.15, 0.2) is 0 Å². The summed E-state index contributed by atoms with van der Waals surface area (Å²) in [5.41, 5.74) is 7.53. The molecular formula is C17H16BrN3OS. The molecule has 0 saturated heterocycles. The summed E-state index contributed by atoms with van der Waals surface area (Å²) in [6.45, 7) is 1.48. The summed E-state index contributed by atoms with van der Waals surface area (Å²) in [5.74, 6) is -0.330. The molecule has 2 aromatic carbocycles. The lowest BCUT2D eigenvalue weighted by atomic mass is 10.2. The van der Waals surface area contributed by atoms with Crippen LogP contribution in [0.3, 0.4) is 0 Å². The number of fused-ring (bicyclic) bond motifs is 1. The van der Waals surface area contributed by atoms with Crippen LogP contribution in [0.5, 0.6) is 0 Å². The third-order valence-corrected chi connectivity index (χ3v) is 4.95. The average molecular weight is 390 g/mol. The Morgan fingerprint density at radius 2 is 1.87 bits per heavy atom. The molecule has 23 heavy (non-hydrogen) atoms. The van der Waals surface area contributed by atoms with Crippen LogP contribution in [-0.2, 0) is 17.9 Å². The summed E-state index contributed by atoms with van der Waals surface area (Å²) >= 11 is 5.08. The van der Waals surface area contributed by atoms with Crippen molar-refractivity contribution in [3.63, 3.8) is 0 Å². The van der Waals surface area contributed by atoms with Crippen molar-refractivity contribution in [2.24, 2.45) is 5.73 Å². The number of carbonyl (C=O) groups excluding carboxylic acids is 1. The first-order valence-electron chi connectivity index (χ1n) is 7.20. The molecule has 0 aliphatic heterocycles. The molecule has 118 valence electrons. The van der Waals surface area contributed by atoms with Crippen molar-refractivity contribution in [1.29, 1.82) is 0 Å². The number of halogens is 1. The van der Waals surface area contributed by atoms with Crippen molar-refractivity contribution in [2.75, 3.05) is 6.54 Å². The van der Waals surface area contributed by atoms with Crippen LogP contribution in [0.25, 0.3) is 10.2 Å². The fraction of sp³-hybridized carbons (Fsp3) is 0.176. The van der Waals surface area contributed by atoms with Gasteiger partial charge < -0.3 is 5.73 Å². The van der Waals surface area contributed by atoms with Gasteiger partial charge in [0, 0.05) is 11.0 Å². The van der Waals surface area contributed by atoms with E-state index in [2.05, 4.69) is 27.0 Å². The second kappa shape index (κ2) is 7.21. The fourth-order valence-electron chi connectivity index (χ4n) is 2.41. The van der Waals surface area contributed by atoms with Crippen LogP contribution in [0.1, 0.15) is 10.6 Å². The van der Waals surface area contributed by atoms with E-state index in [0.29, 0.717) is 13.1 Å². The van der Waals surface area contributed by atoms with Gasteiger partial charge >= 0.3 is 0 Å². The molecule has 0 radical (unpaired) electrons. The number of nitrogens with zero attached hydrogens (tertiary/aromatic N) is 2. The van der Waals surface area contributed by atoms with Gasteiger partial charge in [0.05, 0.1) is 23.3 Å². The first-order chi connectivity index (χ1) is 11.1. The van der Waals surface area contributed by atoms with Gasteiger partial charge in [-0.15, -0.1) is 11.3 Å². The molecule has 1 amide bonds. The molecule has 0 saturated carbocycles. The molecule has 0 unspecified atom stereocenters. The number of aromatic nitrogens is 1. The zero-order chi connectivity index (χ0) is 16.2. The summed E-state index contributed by atoms with van der Waals surface area (Å²) < 4.78 is 2.19. The number of para-hydroxylation sites is 1. The second-order valence-corrected chi connectivity index (χ2v) is 7.34. The first-order valence-corrected chi connectivity index (χ1v) is 8.80. The zero-order valence-electron chi connectivity index (χ0n) is 12.4. The Kier molecular flexibility index (Phi) is 5.05. The summed E-state index contributed by atoms with van der Waals surface area (Å²) in [6, 6.07) is 16.1. The third-order valence-electron chi connectivity index (χ3n) is 3.40. The van der Waals surface area contributed by atoms with Crippen molar-refractivity contribution < 1.29 is 4.79 Å². The lowest BCUT2D eigenvalue weighted by Crippen LogP contribution is -2.33. The lowest BCUT2D eigenvalue weighted by molar-refractivity contribution is -0.119. The minimum Gasteiger partial charge on any atom is -0.369 e. The molecule has 0 atom stereocenters. The number of rotatable bonds is 6. The Morgan fingerprint density at radius 1 is 1.13 bits per heavy atom. The van der Waals surface area contributed by atoms with Crippen LogP contribution in [0.4, 0.5) is 0 Å². The van der Waals surface area contributed by atoms with Crippen LogP contribution in [0, 0.1) is 0 Å². The van der Waals surface area contributed by atoms with Crippen LogP contribution in [0.2, 0.25) is 0 Å². The predicted molar refractivity (Wildman–Crippen MR) is 97.1 cm³/mol. The first kappa shape index (κ1) is 16.1. The second-order valence-electron chi connectivity index (χ2n) is 5.31. The van der Waals surface area contributed by atoms with Crippen molar-refractivity contribution >= 4 is 43.4 Å². The SMILES string of the molecule is NC(=O)CN(Cc1ccc(Br)cc1)Cc1nc2ccccc2s1. The summed E-state index contributed by atoms with van der Waals surface area (Å²) in [7, 11) is 0. The Labute approximate surface area is 147 Å². The molecule has 0 aliphatic carbocycles. The average Bonchev–Trinajstić information content (AvgIpc) is 2.91. The summed E-state index contributed by atoms with van der Waals surface area (Å²) in [4.78, 5) is 18.0. The molecular weight excluding hydrogens is 374 g/mol. The smallest absolute Gasteiger partial charge is 0.231 e. The maximum atomic E-state index is 11.4. The highest BCUT2D eigenvalue weighted by Crippen LogP contribution is 2.23.